The van der Waals surface area contributed by atoms with Crippen LogP contribution in [0.2, 0.25) is 0 Å². The molecule has 0 aromatic carbocycles. The molecular weight excluding hydrogens is 281 g/mol. The largest absolute Gasteiger partial charge is 0.455 e. The lowest BCUT2D eigenvalue weighted by molar-refractivity contribution is 0.00130. The molecule has 7 heteroatoms. The van der Waals surface area contributed by atoms with Crippen molar-refractivity contribution in [3.63, 3.8) is 0 Å². The van der Waals surface area contributed by atoms with Crippen molar-refractivity contribution in [3.05, 3.63) is 27.8 Å². The van der Waals surface area contributed by atoms with Crippen LogP contribution in [0.4, 0.5) is 0 Å². The van der Waals surface area contributed by atoms with Gasteiger partial charge in [-0.05, 0) is 20.8 Å². The fraction of sp³-hybridized carbons (Fsp3) is 0.400. The summed E-state index contributed by atoms with van der Waals surface area (Å²) >= 11 is 0. The van der Waals surface area contributed by atoms with Crippen molar-refractivity contribution in [2.24, 2.45) is 7.05 Å². The number of nitrogens with zero attached hydrogens (tertiary/aromatic N) is 2. The standard InChI is InChI=1S/C15H16BN3O3/c1-8-10(14(21)22-15(2,3)5-6-17)11-9(16)7-19(4)13(20)12(11)18-8/h7,18H,5H2,1-4H3. The van der Waals surface area contributed by atoms with E-state index in [0.717, 1.165) is 0 Å². The Balaban J connectivity index is 2.60. The zero-order chi connectivity index (χ0) is 16.7. The number of hydrogen-bond donors (Lipinski definition) is 1. The van der Waals surface area contributed by atoms with Crippen molar-refractivity contribution >= 4 is 30.2 Å². The Morgan fingerprint density at radius 1 is 1.55 bits per heavy atom. The summed E-state index contributed by atoms with van der Waals surface area (Å²) in [5.41, 5.74) is 0.120. The Morgan fingerprint density at radius 3 is 2.77 bits per heavy atom. The zero-order valence-electron chi connectivity index (χ0n) is 13.0. The number of aryl methyl sites for hydroxylation is 2. The maximum absolute atomic E-state index is 12.5. The van der Waals surface area contributed by atoms with Gasteiger partial charge in [0.2, 0.25) is 0 Å². The number of ether oxygens (including phenoxy) is 1. The van der Waals surface area contributed by atoms with Gasteiger partial charge in [-0.25, -0.2) is 4.79 Å². The van der Waals surface area contributed by atoms with Gasteiger partial charge in [-0.2, -0.15) is 5.26 Å². The highest BCUT2D eigenvalue weighted by atomic mass is 16.6. The molecule has 2 rings (SSSR count). The highest BCUT2D eigenvalue weighted by molar-refractivity contribution is 6.40. The number of fused-ring (bicyclic) bond motifs is 1. The molecule has 0 aliphatic rings. The summed E-state index contributed by atoms with van der Waals surface area (Å²) in [6.07, 6.45) is 1.53. The summed E-state index contributed by atoms with van der Waals surface area (Å²) in [5, 5.41) is 9.13. The number of hydrogen-bond acceptors (Lipinski definition) is 4. The molecule has 0 saturated carbocycles. The maximum Gasteiger partial charge on any atom is 0.341 e. The highest BCUT2D eigenvalue weighted by Gasteiger charge is 2.27. The maximum atomic E-state index is 12.5. The van der Waals surface area contributed by atoms with Gasteiger partial charge in [-0.1, -0.05) is 5.46 Å². The van der Waals surface area contributed by atoms with Crippen molar-refractivity contribution in [2.45, 2.75) is 32.8 Å². The van der Waals surface area contributed by atoms with Gasteiger partial charge in [0.05, 0.1) is 18.1 Å². The van der Waals surface area contributed by atoms with E-state index >= 15 is 0 Å². The van der Waals surface area contributed by atoms with E-state index in [1.807, 2.05) is 6.07 Å². The Morgan fingerprint density at radius 2 is 2.18 bits per heavy atom. The van der Waals surface area contributed by atoms with Gasteiger partial charge in [0, 0.05) is 24.3 Å². The Hall–Kier alpha value is -2.49. The van der Waals surface area contributed by atoms with Crippen LogP contribution in [0.1, 0.15) is 36.3 Å². The van der Waals surface area contributed by atoms with Gasteiger partial charge in [-0.3, -0.25) is 4.79 Å². The van der Waals surface area contributed by atoms with Gasteiger partial charge in [0.1, 0.15) is 19.0 Å². The van der Waals surface area contributed by atoms with E-state index in [1.54, 1.807) is 27.8 Å². The second-order valence-electron chi connectivity index (χ2n) is 5.86. The van der Waals surface area contributed by atoms with E-state index in [4.69, 9.17) is 17.8 Å². The second kappa shape index (κ2) is 5.37. The first-order chi connectivity index (χ1) is 10.2. The molecule has 0 atom stereocenters. The molecule has 2 heterocycles. The molecule has 0 unspecified atom stereocenters. The molecular formula is C15H16BN3O3. The Labute approximate surface area is 129 Å². The topological polar surface area (TPSA) is 87.9 Å². The number of nitrogens with one attached hydrogen (secondary N) is 1. The summed E-state index contributed by atoms with van der Waals surface area (Å²) in [7, 11) is 7.55. The number of carbonyl (C=O) groups is 1. The minimum absolute atomic E-state index is 0.0669. The van der Waals surface area contributed by atoms with Crippen LogP contribution in [0, 0.1) is 18.3 Å². The van der Waals surface area contributed by atoms with Gasteiger partial charge >= 0.3 is 5.97 Å². The molecule has 0 bridgehead atoms. The molecule has 6 nitrogen and oxygen atoms in total. The molecule has 22 heavy (non-hydrogen) atoms. The quantitative estimate of drug-likeness (QED) is 0.671. The summed E-state index contributed by atoms with van der Waals surface area (Å²) in [4.78, 5) is 27.5. The molecule has 2 aromatic rings. The third-order valence-corrected chi connectivity index (χ3v) is 3.42. The van der Waals surface area contributed by atoms with E-state index in [9.17, 15) is 9.59 Å². The molecule has 2 aromatic heterocycles. The lowest BCUT2D eigenvalue weighted by atomic mass is 9.92. The Bertz CT molecular complexity index is 856. The van der Waals surface area contributed by atoms with Gasteiger partial charge in [0.15, 0.2) is 0 Å². The number of pyridine rings is 1. The summed E-state index contributed by atoms with van der Waals surface area (Å²) in [6.45, 7) is 4.98. The van der Waals surface area contributed by atoms with E-state index in [2.05, 4.69) is 4.98 Å². The first-order valence-electron chi connectivity index (χ1n) is 6.75. The van der Waals surface area contributed by atoms with Crippen molar-refractivity contribution in [1.29, 1.82) is 5.26 Å². The van der Waals surface area contributed by atoms with Crippen LogP contribution in [-0.2, 0) is 11.8 Å². The van der Waals surface area contributed by atoms with Gasteiger partial charge < -0.3 is 14.3 Å². The van der Waals surface area contributed by atoms with E-state index in [1.165, 1.54) is 10.8 Å². The van der Waals surface area contributed by atoms with Gasteiger partial charge in [-0.15, -0.1) is 0 Å². The van der Waals surface area contributed by atoms with Crippen LogP contribution in [0.25, 0.3) is 10.9 Å². The third-order valence-electron chi connectivity index (χ3n) is 3.42. The zero-order valence-corrected chi connectivity index (χ0v) is 13.0. The minimum atomic E-state index is -0.920. The summed E-state index contributed by atoms with van der Waals surface area (Å²) < 4.78 is 6.74. The number of aromatic nitrogens is 2. The normalized spacial score (nSPS) is 11.4. The molecule has 0 fully saturated rings. The average molecular weight is 297 g/mol. The highest BCUT2D eigenvalue weighted by Crippen LogP contribution is 2.23. The molecule has 1 N–H and O–H groups in total. The number of H-pyrrole nitrogens is 1. The summed E-state index contributed by atoms with van der Waals surface area (Å²) in [5.74, 6) is -0.607. The predicted octanol–water partition coefficient (Wildman–Crippen LogP) is 0.818. The predicted molar refractivity (Wildman–Crippen MR) is 83.4 cm³/mol. The first kappa shape index (κ1) is 15.9. The molecule has 0 saturated heterocycles. The molecule has 2 radical (unpaired) electrons. The van der Waals surface area contributed by atoms with Crippen LogP contribution >= 0.6 is 0 Å². The Kier molecular flexibility index (Phi) is 3.88. The smallest absolute Gasteiger partial charge is 0.341 e. The number of carbonyl (C=O) groups excluding carboxylic acids is 1. The fourth-order valence-corrected chi connectivity index (χ4v) is 2.37. The van der Waals surface area contributed by atoms with Crippen LogP contribution in [0.3, 0.4) is 0 Å². The molecule has 0 aliphatic heterocycles. The van der Waals surface area contributed by atoms with Crippen LogP contribution in [0.15, 0.2) is 11.0 Å². The van der Waals surface area contributed by atoms with E-state index in [-0.39, 0.29) is 23.1 Å². The van der Waals surface area contributed by atoms with Crippen LogP contribution < -0.4 is 11.0 Å². The SMILES string of the molecule is [B]c1cn(C)c(=O)c2[nH]c(C)c(C(=O)OC(C)(C)CC#N)c12. The van der Waals surface area contributed by atoms with Crippen molar-refractivity contribution in [3.8, 4) is 6.07 Å². The first-order valence-corrected chi connectivity index (χ1v) is 6.75. The lowest BCUT2D eigenvalue weighted by Gasteiger charge is -2.22. The number of aromatic amines is 1. The molecule has 0 amide bonds. The van der Waals surface area contributed by atoms with Crippen LogP contribution in [-0.4, -0.2) is 29.0 Å². The monoisotopic (exact) mass is 297 g/mol. The van der Waals surface area contributed by atoms with Crippen molar-refractivity contribution in [2.75, 3.05) is 0 Å². The van der Waals surface area contributed by atoms with E-state index < -0.39 is 11.6 Å². The van der Waals surface area contributed by atoms with Gasteiger partial charge in [0.25, 0.3) is 5.56 Å². The van der Waals surface area contributed by atoms with Crippen molar-refractivity contribution < 1.29 is 9.53 Å². The minimum Gasteiger partial charge on any atom is -0.455 e. The fourth-order valence-electron chi connectivity index (χ4n) is 2.37. The number of nitriles is 1. The lowest BCUT2D eigenvalue weighted by Crippen LogP contribution is -2.28. The number of esters is 1. The second-order valence-corrected chi connectivity index (χ2v) is 5.86. The molecule has 112 valence electrons. The summed E-state index contributed by atoms with van der Waals surface area (Å²) in [6, 6.07) is 1.98. The van der Waals surface area contributed by atoms with E-state index in [0.29, 0.717) is 16.5 Å². The van der Waals surface area contributed by atoms with Crippen LogP contribution in [0.5, 0.6) is 0 Å². The average Bonchev–Trinajstić information content (AvgIpc) is 2.73. The molecule has 0 spiro atoms. The third kappa shape index (κ3) is 2.64. The van der Waals surface area contributed by atoms with Crippen molar-refractivity contribution in [1.82, 2.24) is 9.55 Å². The number of rotatable bonds is 3. The molecule has 0 aliphatic carbocycles.